The van der Waals surface area contributed by atoms with Crippen molar-refractivity contribution in [2.24, 2.45) is 0 Å². The maximum atomic E-state index is 5.56. The number of nitrogens with one attached hydrogen (secondary N) is 2. The number of nitrogens with zero attached hydrogens (tertiary/aromatic N) is 4. The molecule has 0 atom stereocenters. The van der Waals surface area contributed by atoms with Gasteiger partial charge in [-0.05, 0) is 20.3 Å². The second-order valence-electron chi connectivity index (χ2n) is 4.68. The molecule has 2 aromatic heterocycles. The van der Waals surface area contributed by atoms with Crippen molar-refractivity contribution in [3.8, 4) is 6.01 Å². The topological polar surface area (TPSA) is 84.9 Å². The third-order valence-electron chi connectivity index (χ3n) is 2.39. The summed E-state index contributed by atoms with van der Waals surface area (Å²) >= 11 is 1.58. The molecular weight excluding hydrogens is 288 g/mol. The molecule has 0 saturated heterocycles. The number of hydrogen-bond acceptors (Lipinski definition) is 8. The Morgan fingerprint density at radius 2 is 1.95 bits per heavy atom. The SMILES string of the molecule is CCCNc1nc(NCc2cncs2)nc(OC(C)C)n1. The van der Waals surface area contributed by atoms with E-state index in [9.17, 15) is 0 Å². The van der Waals surface area contributed by atoms with Gasteiger partial charge in [0.25, 0.3) is 0 Å². The lowest BCUT2D eigenvalue weighted by atomic mass is 10.5. The van der Waals surface area contributed by atoms with Crippen LogP contribution in [0.4, 0.5) is 11.9 Å². The van der Waals surface area contributed by atoms with Gasteiger partial charge in [-0.25, -0.2) is 0 Å². The van der Waals surface area contributed by atoms with Gasteiger partial charge in [-0.2, -0.15) is 15.0 Å². The van der Waals surface area contributed by atoms with Crippen LogP contribution in [-0.4, -0.2) is 32.6 Å². The molecule has 21 heavy (non-hydrogen) atoms. The molecule has 0 aliphatic rings. The van der Waals surface area contributed by atoms with Gasteiger partial charge in [0.15, 0.2) is 0 Å². The molecule has 2 N–H and O–H groups in total. The Hall–Kier alpha value is -1.96. The Morgan fingerprint density at radius 3 is 2.57 bits per heavy atom. The summed E-state index contributed by atoms with van der Waals surface area (Å²) in [5, 5.41) is 6.32. The molecule has 0 saturated carbocycles. The summed E-state index contributed by atoms with van der Waals surface area (Å²) in [7, 11) is 0. The van der Waals surface area contributed by atoms with E-state index in [-0.39, 0.29) is 6.10 Å². The van der Waals surface area contributed by atoms with E-state index < -0.39 is 0 Å². The summed E-state index contributed by atoms with van der Waals surface area (Å²) in [6.45, 7) is 7.39. The molecule has 0 amide bonds. The molecule has 0 aliphatic carbocycles. The lowest BCUT2D eigenvalue weighted by Crippen LogP contribution is -2.14. The number of thiazole rings is 1. The van der Waals surface area contributed by atoms with Gasteiger partial charge in [0, 0.05) is 17.6 Å². The predicted molar refractivity (Wildman–Crippen MR) is 83.8 cm³/mol. The maximum absolute atomic E-state index is 5.56. The lowest BCUT2D eigenvalue weighted by molar-refractivity contribution is 0.222. The first-order valence-corrected chi connectivity index (χ1v) is 7.83. The first-order valence-electron chi connectivity index (χ1n) is 6.95. The summed E-state index contributed by atoms with van der Waals surface area (Å²) in [5.41, 5.74) is 1.80. The number of rotatable bonds is 8. The van der Waals surface area contributed by atoms with Crippen molar-refractivity contribution in [3.63, 3.8) is 0 Å². The molecule has 0 radical (unpaired) electrons. The van der Waals surface area contributed by atoms with E-state index in [0.29, 0.717) is 24.5 Å². The first kappa shape index (κ1) is 15.4. The summed E-state index contributed by atoms with van der Waals surface area (Å²) < 4.78 is 5.56. The molecular formula is C13H20N6OS. The fourth-order valence-corrected chi connectivity index (χ4v) is 2.04. The zero-order chi connectivity index (χ0) is 15.1. The van der Waals surface area contributed by atoms with Crippen LogP contribution in [0.1, 0.15) is 32.1 Å². The summed E-state index contributed by atoms with van der Waals surface area (Å²) in [5.74, 6) is 1.02. The zero-order valence-electron chi connectivity index (χ0n) is 12.5. The van der Waals surface area contributed by atoms with Gasteiger partial charge in [0.05, 0.1) is 18.2 Å². The van der Waals surface area contributed by atoms with E-state index >= 15 is 0 Å². The van der Waals surface area contributed by atoms with Crippen molar-refractivity contribution in [1.82, 2.24) is 19.9 Å². The minimum absolute atomic E-state index is 0.0146. The van der Waals surface area contributed by atoms with E-state index in [1.807, 2.05) is 20.0 Å². The molecule has 2 rings (SSSR count). The minimum Gasteiger partial charge on any atom is -0.461 e. The Kier molecular flexibility index (Phi) is 5.68. The number of anilines is 2. The Labute approximate surface area is 128 Å². The van der Waals surface area contributed by atoms with Gasteiger partial charge in [-0.15, -0.1) is 11.3 Å². The zero-order valence-corrected chi connectivity index (χ0v) is 13.3. The average molecular weight is 308 g/mol. The van der Waals surface area contributed by atoms with Crippen LogP contribution in [-0.2, 0) is 6.54 Å². The molecule has 114 valence electrons. The van der Waals surface area contributed by atoms with Crippen LogP contribution in [0.25, 0.3) is 0 Å². The molecule has 0 bridgehead atoms. The maximum Gasteiger partial charge on any atom is 0.323 e. The molecule has 0 unspecified atom stereocenters. The number of ether oxygens (including phenoxy) is 1. The third kappa shape index (κ3) is 5.14. The third-order valence-corrected chi connectivity index (χ3v) is 3.17. The Bertz CT molecular complexity index is 546. The summed E-state index contributed by atoms with van der Waals surface area (Å²) in [6.07, 6.45) is 2.83. The highest BCUT2D eigenvalue weighted by Crippen LogP contribution is 2.14. The highest BCUT2D eigenvalue weighted by molar-refractivity contribution is 7.09. The average Bonchev–Trinajstić information content (AvgIpc) is 2.95. The van der Waals surface area contributed by atoms with Crippen molar-refractivity contribution in [3.05, 3.63) is 16.6 Å². The van der Waals surface area contributed by atoms with Gasteiger partial charge >= 0.3 is 6.01 Å². The van der Waals surface area contributed by atoms with Crippen LogP contribution in [0.15, 0.2) is 11.7 Å². The van der Waals surface area contributed by atoms with Crippen LogP contribution in [0, 0.1) is 0 Å². The van der Waals surface area contributed by atoms with Gasteiger partial charge in [0.2, 0.25) is 11.9 Å². The standard InChI is InChI=1S/C13H20N6OS/c1-4-5-15-11-17-12(16-7-10-6-14-8-21-10)19-13(18-11)20-9(2)3/h6,8-9H,4-5,7H2,1-3H3,(H2,15,16,17,18,19). The first-order chi connectivity index (χ1) is 10.2. The molecule has 7 nitrogen and oxygen atoms in total. The van der Waals surface area contributed by atoms with Crippen molar-refractivity contribution < 1.29 is 4.74 Å². The molecule has 8 heteroatoms. The van der Waals surface area contributed by atoms with Crippen molar-refractivity contribution >= 4 is 23.2 Å². The van der Waals surface area contributed by atoms with E-state index in [0.717, 1.165) is 17.8 Å². The minimum atomic E-state index is 0.0146. The van der Waals surface area contributed by atoms with Crippen LogP contribution in [0.3, 0.4) is 0 Å². The molecule has 0 aromatic carbocycles. The van der Waals surface area contributed by atoms with Gasteiger partial charge in [-0.3, -0.25) is 4.98 Å². The fraction of sp³-hybridized carbons (Fsp3) is 0.538. The summed E-state index contributed by atoms with van der Waals surface area (Å²) in [6, 6.07) is 0.324. The Morgan fingerprint density at radius 1 is 1.19 bits per heavy atom. The smallest absolute Gasteiger partial charge is 0.323 e. The van der Waals surface area contributed by atoms with Crippen LogP contribution >= 0.6 is 11.3 Å². The molecule has 0 spiro atoms. The largest absolute Gasteiger partial charge is 0.461 e. The van der Waals surface area contributed by atoms with Crippen LogP contribution in [0.2, 0.25) is 0 Å². The predicted octanol–water partition coefficient (Wildman–Crippen LogP) is 2.55. The van der Waals surface area contributed by atoms with E-state index in [4.69, 9.17) is 4.74 Å². The second-order valence-corrected chi connectivity index (χ2v) is 5.65. The van der Waals surface area contributed by atoms with Gasteiger partial charge in [0.1, 0.15) is 0 Å². The molecule has 0 aliphatic heterocycles. The highest BCUT2D eigenvalue weighted by Gasteiger charge is 2.09. The fourth-order valence-electron chi connectivity index (χ4n) is 1.51. The highest BCUT2D eigenvalue weighted by atomic mass is 32.1. The van der Waals surface area contributed by atoms with Crippen molar-refractivity contribution in [2.45, 2.75) is 39.8 Å². The van der Waals surface area contributed by atoms with Crippen molar-refractivity contribution in [1.29, 1.82) is 0 Å². The molecule has 2 aromatic rings. The monoisotopic (exact) mass is 308 g/mol. The number of hydrogen-bond donors (Lipinski definition) is 2. The van der Waals surface area contributed by atoms with E-state index in [1.54, 1.807) is 16.8 Å². The Balaban J connectivity index is 2.09. The molecule has 0 fully saturated rings. The van der Waals surface area contributed by atoms with E-state index in [2.05, 4.69) is 37.5 Å². The number of aromatic nitrogens is 4. The summed E-state index contributed by atoms with van der Waals surface area (Å²) in [4.78, 5) is 18.0. The van der Waals surface area contributed by atoms with E-state index in [1.165, 1.54) is 0 Å². The van der Waals surface area contributed by atoms with Crippen molar-refractivity contribution in [2.75, 3.05) is 17.2 Å². The van der Waals surface area contributed by atoms with Gasteiger partial charge in [-0.1, -0.05) is 6.92 Å². The quantitative estimate of drug-likeness (QED) is 0.775. The van der Waals surface area contributed by atoms with Crippen LogP contribution in [0.5, 0.6) is 6.01 Å². The lowest BCUT2D eigenvalue weighted by Gasteiger charge is -2.11. The molecule has 2 heterocycles. The normalized spacial score (nSPS) is 10.7. The second kappa shape index (κ2) is 7.72. The van der Waals surface area contributed by atoms with Crippen LogP contribution < -0.4 is 15.4 Å². The van der Waals surface area contributed by atoms with Gasteiger partial charge < -0.3 is 15.4 Å².